The minimum absolute atomic E-state index is 0.162. The molecule has 0 aliphatic rings. The van der Waals surface area contributed by atoms with Gasteiger partial charge in [-0.1, -0.05) is 43.0 Å². The third kappa shape index (κ3) is 4.37. The second-order valence-electron chi connectivity index (χ2n) is 6.39. The fourth-order valence-corrected chi connectivity index (χ4v) is 3.17. The molecule has 142 valence electrons. The molecule has 0 saturated carbocycles. The van der Waals surface area contributed by atoms with Gasteiger partial charge in [-0.3, -0.25) is 4.79 Å². The molecule has 2 aromatic heterocycles. The number of rotatable bonds is 7. The SMILES string of the molecule is CCCCCNC(=O)c1cc(-c2cccn2C)nn1-c1ccc(Cl)c(Cl)c1. The molecule has 0 unspecified atom stereocenters. The van der Waals surface area contributed by atoms with Crippen molar-refractivity contribution in [3.63, 3.8) is 0 Å². The van der Waals surface area contributed by atoms with Gasteiger partial charge < -0.3 is 9.88 Å². The van der Waals surface area contributed by atoms with Gasteiger partial charge in [-0.15, -0.1) is 0 Å². The summed E-state index contributed by atoms with van der Waals surface area (Å²) in [6, 6.07) is 10.9. The number of benzene rings is 1. The van der Waals surface area contributed by atoms with Crippen molar-refractivity contribution in [1.82, 2.24) is 19.7 Å². The molecule has 1 aromatic carbocycles. The Balaban J connectivity index is 1.99. The molecule has 0 bridgehead atoms. The molecule has 0 radical (unpaired) electrons. The Morgan fingerprint density at radius 2 is 1.96 bits per heavy atom. The molecular formula is C20H22Cl2N4O. The summed E-state index contributed by atoms with van der Waals surface area (Å²) in [7, 11) is 1.94. The summed E-state index contributed by atoms with van der Waals surface area (Å²) < 4.78 is 3.57. The van der Waals surface area contributed by atoms with E-state index < -0.39 is 0 Å². The number of carbonyl (C=O) groups excluding carboxylic acids is 1. The Kier molecular flexibility index (Phi) is 6.24. The number of carbonyl (C=O) groups is 1. The average Bonchev–Trinajstić information content (AvgIpc) is 3.27. The van der Waals surface area contributed by atoms with Crippen molar-refractivity contribution in [2.45, 2.75) is 26.2 Å². The van der Waals surface area contributed by atoms with Crippen LogP contribution < -0.4 is 5.32 Å². The van der Waals surface area contributed by atoms with E-state index in [0.717, 1.165) is 25.0 Å². The van der Waals surface area contributed by atoms with Gasteiger partial charge in [0.15, 0.2) is 0 Å². The molecule has 3 rings (SSSR count). The normalized spacial score (nSPS) is 11.0. The average molecular weight is 405 g/mol. The molecular weight excluding hydrogens is 383 g/mol. The summed E-state index contributed by atoms with van der Waals surface area (Å²) >= 11 is 12.2. The quantitative estimate of drug-likeness (QED) is 0.556. The Hall–Kier alpha value is -2.24. The molecule has 1 N–H and O–H groups in total. The van der Waals surface area contributed by atoms with E-state index >= 15 is 0 Å². The topological polar surface area (TPSA) is 51.9 Å². The van der Waals surface area contributed by atoms with Crippen LogP contribution >= 0.6 is 23.2 Å². The second kappa shape index (κ2) is 8.63. The van der Waals surface area contributed by atoms with E-state index in [0.29, 0.717) is 33.7 Å². The minimum atomic E-state index is -0.162. The number of aryl methyl sites for hydroxylation is 1. The van der Waals surface area contributed by atoms with Crippen LogP contribution in [0.15, 0.2) is 42.6 Å². The van der Waals surface area contributed by atoms with Gasteiger partial charge in [0.2, 0.25) is 0 Å². The summed E-state index contributed by atoms with van der Waals surface area (Å²) in [4.78, 5) is 12.8. The molecule has 5 nitrogen and oxygen atoms in total. The van der Waals surface area contributed by atoms with Crippen LogP contribution in [0.3, 0.4) is 0 Å². The van der Waals surface area contributed by atoms with E-state index in [1.165, 1.54) is 0 Å². The number of unbranched alkanes of at least 4 members (excludes halogenated alkanes) is 2. The van der Waals surface area contributed by atoms with E-state index in [1.807, 2.05) is 29.9 Å². The lowest BCUT2D eigenvalue weighted by atomic mass is 10.2. The van der Waals surface area contributed by atoms with Crippen LogP contribution in [0.1, 0.15) is 36.7 Å². The van der Waals surface area contributed by atoms with Crippen molar-refractivity contribution in [3.8, 4) is 17.1 Å². The van der Waals surface area contributed by atoms with E-state index in [2.05, 4.69) is 17.3 Å². The number of hydrogen-bond donors (Lipinski definition) is 1. The first-order chi connectivity index (χ1) is 13.0. The second-order valence-corrected chi connectivity index (χ2v) is 7.21. The largest absolute Gasteiger partial charge is 0.351 e. The van der Waals surface area contributed by atoms with Gasteiger partial charge in [0.1, 0.15) is 11.4 Å². The van der Waals surface area contributed by atoms with Crippen molar-refractivity contribution >= 4 is 29.1 Å². The number of halogens is 2. The maximum Gasteiger partial charge on any atom is 0.270 e. The third-order valence-corrected chi connectivity index (χ3v) is 5.10. The smallest absolute Gasteiger partial charge is 0.270 e. The molecule has 0 spiro atoms. The van der Waals surface area contributed by atoms with Crippen LogP contribution in [-0.2, 0) is 7.05 Å². The minimum Gasteiger partial charge on any atom is -0.351 e. The van der Waals surface area contributed by atoms with Gasteiger partial charge in [0, 0.05) is 19.8 Å². The van der Waals surface area contributed by atoms with Gasteiger partial charge >= 0.3 is 0 Å². The van der Waals surface area contributed by atoms with Crippen molar-refractivity contribution in [2.75, 3.05) is 6.54 Å². The van der Waals surface area contributed by atoms with Crippen LogP contribution in [-0.4, -0.2) is 26.8 Å². The van der Waals surface area contributed by atoms with Crippen LogP contribution in [0.5, 0.6) is 0 Å². The molecule has 0 aliphatic heterocycles. The predicted molar refractivity (Wildman–Crippen MR) is 110 cm³/mol. The molecule has 2 heterocycles. The lowest BCUT2D eigenvalue weighted by molar-refractivity contribution is 0.0945. The van der Waals surface area contributed by atoms with Gasteiger partial charge in [-0.25, -0.2) is 4.68 Å². The third-order valence-electron chi connectivity index (χ3n) is 4.36. The number of hydrogen-bond acceptors (Lipinski definition) is 2. The Labute approximate surface area is 168 Å². The summed E-state index contributed by atoms with van der Waals surface area (Å²) in [5.41, 5.74) is 2.78. The zero-order valence-electron chi connectivity index (χ0n) is 15.4. The maximum atomic E-state index is 12.8. The fourth-order valence-electron chi connectivity index (χ4n) is 2.88. The van der Waals surface area contributed by atoms with Crippen LogP contribution in [0, 0.1) is 0 Å². The summed E-state index contributed by atoms with van der Waals surface area (Å²) in [5.74, 6) is -0.162. The summed E-state index contributed by atoms with van der Waals surface area (Å²) in [6.07, 6.45) is 5.08. The number of nitrogens with zero attached hydrogens (tertiary/aromatic N) is 3. The molecule has 0 atom stereocenters. The van der Waals surface area contributed by atoms with E-state index in [1.54, 1.807) is 28.9 Å². The van der Waals surface area contributed by atoms with Crippen LogP contribution in [0.4, 0.5) is 0 Å². The number of aromatic nitrogens is 3. The van der Waals surface area contributed by atoms with Crippen molar-refractivity contribution < 1.29 is 4.79 Å². The first-order valence-corrected chi connectivity index (χ1v) is 9.72. The van der Waals surface area contributed by atoms with Gasteiger partial charge in [0.05, 0.1) is 21.4 Å². The van der Waals surface area contributed by atoms with E-state index in [-0.39, 0.29) is 5.91 Å². The highest BCUT2D eigenvalue weighted by Gasteiger charge is 2.19. The molecule has 3 aromatic rings. The number of amides is 1. The van der Waals surface area contributed by atoms with E-state index in [9.17, 15) is 4.79 Å². The van der Waals surface area contributed by atoms with Gasteiger partial charge in [-0.05, 0) is 42.8 Å². The van der Waals surface area contributed by atoms with Crippen LogP contribution in [0.2, 0.25) is 10.0 Å². The molecule has 0 aliphatic carbocycles. The Bertz CT molecular complexity index is 945. The van der Waals surface area contributed by atoms with Gasteiger partial charge in [0.25, 0.3) is 5.91 Å². The highest BCUT2D eigenvalue weighted by Crippen LogP contribution is 2.27. The first kappa shape index (κ1) is 19.5. The lowest BCUT2D eigenvalue weighted by Gasteiger charge is -2.09. The lowest BCUT2D eigenvalue weighted by Crippen LogP contribution is -2.26. The molecule has 0 fully saturated rings. The highest BCUT2D eigenvalue weighted by atomic mass is 35.5. The molecule has 27 heavy (non-hydrogen) atoms. The summed E-state index contributed by atoms with van der Waals surface area (Å²) in [5, 5.41) is 8.51. The number of nitrogens with one attached hydrogen (secondary N) is 1. The standard InChI is InChI=1S/C20H22Cl2N4O/c1-3-4-5-10-23-20(27)19-13-17(18-7-6-11-25(18)2)24-26(19)14-8-9-15(21)16(22)12-14/h6-9,11-13H,3-5,10H2,1-2H3,(H,23,27). The van der Waals surface area contributed by atoms with Crippen molar-refractivity contribution in [1.29, 1.82) is 0 Å². The summed E-state index contributed by atoms with van der Waals surface area (Å²) in [6.45, 7) is 2.77. The highest BCUT2D eigenvalue weighted by molar-refractivity contribution is 6.42. The fraction of sp³-hybridized carbons (Fsp3) is 0.300. The monoisotopic (exact) mass is 404 g/mol. The molecule has 1 amide bonds. The zero-order chi connectivity index (χ0) is 19.4. The molecule has 7 heteroatoms. The maximum absolute atomic E-state index is 12.8. The molecule has 0 saturated heterocycles. The van der Waals surface area contributed by atoms with E-state index in [4.69, 9.17) is 23.2 Å². The van der Waals surface area contributed by atoms with Crippen molar-refractivity contribution in [2.24, 2.45) is 7.05 Å². The van der Waals surface area contributed by atoms with Crippen molar-refractivity contribution in [3.05, 3.63) is 58.3 Å². The zero-order valence-corrected chi connectivity index (χ0v) is 16.9. The Morgan fingerprint density at radius 1 is 1.15 bits per heavy atom. The first-order valence-electron chi connectivity index (χ1n) is 8.96. The Morgan fingerprint density at radius 3 is 2.63 bits per heavy atom. The van der Waals surface area contributed by atoms with Gasteiger partial charge in [-0.2, -0.15) is 5.10 Å². The van der Waals surface area contributed by atoms with Crippen LogP contribution in [0.25, 0.3) is 17.1 Å². The predicted octanol–water partition coefficient (Wildman–Crippen LogP) is 5.10.